The number of aromatic nitrogens is 2. The summed E-state index contributed by atoms with van der Waals surface area (Å²) in [4.78, 5) is 15.2. The number of nitrogens with zero attached hydrogens (tertiary/aromatic N) is 3. The molecule has 1 unspecified atom stereocenters. The van der Waals surface area contributed by atoms with Crippen molar-refractivity contribution in [3.63, 3.8) is 0 Å². The normalized spacial score (nSPS) is 20.4. The molecule has 1 N–H and O–H groups in total. The number of rotatable bonds is 6. The third kappa shape index (κ3) is 4.92. The van der Waals surface area contributed by atoms with Crippen LogP contribution < -0.4 is 5.32 Å². The Labute approximate surface area is 150 Å². The second kappa shape index (κ2) is 8.63. The summed E-state index contributed by atoms with van der Waals surface area (Å²) in [5.74, 6) is 0.732. The third-order valence-electron chi connectivity index (χ3n) is 5.24. The number of hydrogen-bond donors (Lipinski definition) is 1. The molecule has 1 aromatic heterocycles. The van der Waals surface area contributed by atoms with Gasteiger partial charge in [-0.05, 0) is 38.2 Å². The Bertz CT molecular complexity index is 604. The number of ether oxygens (including phenoxy) is 1. The maximum Gasteiger partial charge on any atom is 0.227 e. The number of amides is 1. The van der Waals surface area contributed by atoms with Gasteiger partial charge < -0.3 is 15.0 Å². The van der Waals surface area contributed by atoms with Crippen molar-refractivity contribution in [3.8, 4) is 0 Å². The molecule has 0 aliphatic carbocycles. The summed E-state index contributed by atoms with van der Waals surface area (Å²) < 4.78 is 7.31. The summed E-state index contributed by atoms with van der Waals surface area (Å²) in [6.45, 7) is 6.69. The molecule has 6 nitrogen and oxygen atoms in total. The molecule has 1 atom stereocenters. The Kier molecular flexibility index (Phi) is 6.26. The van der Waals surface area contributed by atoms with Gasteiger partial charge in [-0.2, -0.15) is 5.10 Å². The monoisotopic (exact) mass is 346 g/mol. The molecule has 25 heavy (non-hydrogen) atoms. The Morgan fingerprint density at radius 2 is 2.24 bits per heavy atom. The van der Waals surface area contributed by atoms with Crippen molar-refractivity contribution in [2.45, 2.75) is 32.7 Å². The average molecular weight is 346 g/mol. The molecule has 1 aromatic rings. The van der Waals surface area contributed by atoms with Crippen LogP contribution in [0.3, 0.4) is 0 Å². The van der Waals surface area contributed by atoms with Crippen molar-refractivity contribution in [1.82, 2.24) is 20.0 Å². The summed E-state index contributed by atoms with van der Waals surface area (Å²) in [5.41, 5.74) is 2.31. The van der Waals surface area contributed by atoms with Crippen LogP contribution in [-0.4, -0.2) is 53.4 Å². The van der Waals surface area contributed by atoms with Gasteiger partial charge in [-0.1, -0.05) is 11.6 Å². The first kappa shape index (κ1) is 18.1. The summed E-state index contributed by atoms with van der Waals surface area (Å²) in [6.07, 6.45) is 7.11. The van der Waals surface area contributed by atoms with Crippen LogP contribution in [0.4, 0.5) is 0 Å². The predicted molar refractivity (Wildman–Crippen MR) is 96.9 cm³/mol. The van der Waals surface area contributed by atoms with Crippen LogP contribution >= 0.6 is 0 Å². The molecule has 0 aromatic carbocycles. The van der Waals surface area contributed by atoms with Crippen LogP contribution in [0.5, 0.6) is 0 Å². The highest BCUT2D eigenvalue weighted by atomic mass is 16.5. The van der Waals surface area contributed by atoms with Gasteiger partial charge in [-0.3, -0.25) is 9.48 Å². The van der Waals surface area contributed by atoms with E-state index in [1.54, 1.807) is 4.68 Å². The number of hydrogen-bond acceptors (Lipinski definition) is 4. The molecule has 0 spiro atoms. The lowest BCUT2D eigenvalue weighted by atomic mass is 9.84. The van der Waals surface area contributed by atoms with E-state index in [1.165, 1.54) is 5.57 Å². The number of carbonyl (C=O) groups is 1. The van der Waals surface area contributed by atoms with Gasteiger partial charge in [-0.25, -0.2) is 0 Å². The molecule has 1 saturated heterocycles. The molecule has 2 aliphatic heterocycles. The molecule has 1 amide bonds. The second-order valence-electron chi connectivity index (χ2n) is 7.27. The third-order valence-corrected chi connectivity index (χ3v) is 5.24. The van der Waals surface area contributed by atoms with Crippen LogP contribution in [0.1, 0.15) is 31.9 Å². The van der Waals surface area contributed by atoms with E-state index in [9.17, 15) is 4.79 Å². The molecule has 138 valence electrons. The first-order chi connectivity index (χ1) is 12.1. The maximum absolute atomic E-state index is 13.2. The van der Waals surface area contributed by atoms with Gasteiger partial charge in [0.25, 0.3) is 0 Å². The Morgan fingerprint density at radius 3 is 2.92 bits per heavy atom. The Balaban J connectivity index is 1.61. The number of nitrogens with one attached hydrogen (secondary N) is 1. The SMILES string of the molecule is CC1=CCCN(C(=O)C(CNCc2ccn(C)n2)C2CCOCC2)C1. The van der Waals surface area contributed by atoms with Crippen LogP contribution in [0.15, 0.2) is 23.9 Å². The van der Waals surface area contributed by atoms with Crippen LogP contribution in [0.25, 0.3) is 0 Å². The maximum atomic E-state index is 13.2. The highest BCUT2D eigenvalue weighted by Crippen LogP contribution is 2.26. The minimum atomic E-state index is 0.0264. The van der Waals surface area contributed by atoms with Crippen molar-refractivity contribution >= 4 is 5.91 Å². The zero-order valence-electron chi connectivity index (χ0n) is 15.4. The van der Waals surface area contributed by atoms with Crippen molar-refractivity contribution < 1.29 is 9.53 Å². The lowest BCUT2D eigenvalue weighted by Crippen LogP contribution is -2.46. The van der Waals surface area contributed by atoms with Gasteiger partial charge in [0.2, 0.25) is 5.91 Å². The summed E-state index contributed by atoms with van der Waals surface area (Å²) in [7, 11) is 1.92. The summed E-state index contributed by atoms with van der Waals surface area (Å²) in [5, 5.41) is 7.86. The van der Waals surface area contributed by atoms with Crippen molar-refractivity contribution in [3.05, 3.63) is 29.6 Å². The fourth-order valence-electron chi connectivity index (χ4n) is 3.82. The fraction of sp³-hybridized carbons (Fsp3) is 0.684. The molecule has 2 aliphatic rings. The first-order valence-electron chi connectivity index (χ1n) is 9.35. The van der Waals surface area contributed by atoms with Crippen LogP contribution in [0, 0.1) is 11.8 Å². The molecule has 0 radical (unpaired) electrons. The molecular formula is C19H30N4O2. The quantitative estimate of drug-likeness (QED) is 0.797. The van der Waals surface area contributed by atoms with Gasteiger partial charge in [0.15, 0.2) is 0 Å². The van der Waals surface area contributed by atoms with E-state index >= 15 is 0 Å². The van der Waals surface area contributed by atoms with E-state index in [1.807, 2.05) is 24.2 Å². The molecule has 6 heteroatoms. The van der Waals surface area contributed by atoms with E-state index in [0.29, 0.717) is 24.9 Å². The highest BCUT2D eigenvalue weighted by molar-refractivity contribution is 5.80. The lowest BCUT2D eigenvalue weighted by Gasteiger charge is -2.35. The van der Waals surface area contributed by atoms with E-state index in [2.05, 4.69) is 23.4 Å². The van der Waals surface area contributed by atoms with Gasteiger partial charge in [0.1, 0.15) is 0 Å². The lowest BCUT2D eigenvalue weighted by molar-refractivity contribution is -0.138. The molecule has 1 fully saturated rings. The zero-order chi connectivity index (χ0) is 17.6. The fourth-order valence-corrected chi connectivity index (χ4v) is 3.82. The minimum absolute atomic E-state index is 0.0264. The average Bonchev–Trinajstić information content (AvgIpc) is 3.04. The molecule has 3 heterocycles. The summed E-state index contributed by atoms with van der Waals surface area (Å²) in [6, 6.07) is 2.01. The second-order valence-corrected chi connectivity index (χ2v) is 7.27. The van der Waals surface area contributed by atoms with Gasteiger partial charge in [0.05, 0.1) is 11.6 Å². The van der Waals surface area contributed by atoms with E-state index < -0.39 is 0 Å². The topological polar surface area (TPSA) is 59.4 Å². The van der Waals surface area contributed by atoms with Crippen LogP contribution in [0.2, 0.25) is 0 Å². The van der Waals surface area contributed by atoms with Gasteiger partial charge in [0, 0.05) is 52.6 Å². The predicted octanol–water partition coefficient (Wildman–Crippen LogP) is 1.73. The van der Waals surface area contributed by atoms with E-state index in [0.717, 1.165) is 51.3 Å². The summed E-state index contributed by atoms with van der Waals surface area (Å²) >= 11 is 0. The molecule has 0 saturated carbocycles. The first-order valence-corrected chi connectivity index (χ1v) is 9.35. The highest BCUT2D eigenvalue weighted by Gasteiger charge is 2.33. The van der Waals surface area contributed by atoms with Gasteiger partial charge >= 0.3 is 0 Å². The van der Waals surface area contributed by atoms with Crippen molar-refractivity contribution in [1.29, 1.82) is 0 Å². The van der Waals surface area contributed by atoms with E-state index in [-0.39, 0.29) is 5.92 Å². The van der Waals surface area contributed by atoms with Gasteiger partial charge in [-0.15, -0.1) is 0 Å². The van der Waals surface area contributed by atoms with E-state index in [4.69, 9.17) is 4.74 Å². The number of aryl methyl sites for hydroxylation is 1. The molecule has 0 bridgehead atoms. The van der Waals surface area contributed by atoms with Crippen molar-refractivity contribution in [2.75, 3.05) is 32.8 Å². The van der Waals surface area contributed by atoms with Crippen molar-refractivity contribution in [2.24, 2.45) is 18.9 Å². The Hall–Kier alpha value is -1.66. The zero-order valence-corrected chi connectivity index (χ0v) is 15.4. The minimum Gasteiger partial charge on any atom is -0.381 e. The Morgan fingerprint density at radius 1 is 1.44 bits per heavy atom. The van der Waals surface area contributed by atoms with Crippen LogP contribution in [-0.2, 0) is 23.1 Å². The largest absolute Gasteiger partial charge is 0.381 e. The molecular weight excluding hydrogens is 316 g/mol. The molecule has 3 rings (SSSR count). The smallest absolute Gasteiger partial charge is 0.227 e. The number of carbonyl (C=O) groups excluding carboxylic acids is 1. The standard InChI is InChI=1S/C19H30N4O2/c1-15-4-3-8-23(14-15)19(24)18(16-6-10-25-11-7-16)13-20-12-17-5-9-22(2)21-17/h4-5,9,16,18,20H,3,6-8,10-14H2,1-2H3.